The number of hydrogen-bond acceptors (Lipinski definition) is 3. The molecule has 0 aliphatic heterocycles. The third-order valence-corrected chi connectivity index (χ3v) is 4.55. The van der Waals surface area contributed by atoms with Crippen LogP contribution in [0.1, 0.15) is 84.5 Å². The van der Waals surface area contributed by atoms with E-state index in [2.05, 4.69) is 26.0 Å². The second-order valence-corrected chi connectivity index (χ2v) is 6.37. The van der Waals surface area contributed by atoms with Crippen LogP contribution in [0.2, 0.25) is 0 Å². The minimum absolute atomic E-state index is 0.721. The fourth-order valence-corrected chi connectivity index (χ4v) is 2.91. The molecule has 0 bridgehead atoms. The monoisotopic (exact) mass is 328 g/mol. The van der Waals surface area contributed by atoms with Crippen molar-refractivity contribution in [2.75, 3.05) is 21.3 Å². The molecule has 0 aliphatic carbocycles. The summed E-state index contributed by atoms with van der Waals surface area (Å²) in [6, 6.07) is 0. The fraction of sp³-hybridized carbons (Fsp3) is 0.900. The van der Waals surface area contributed by atoms with Gasteiger partial charge in [-0.15, -0.1) is 0 Å². The summed E-state index contributed by atoms with van der Waals surface area (Å²) in [6.45, 7) is 4.53. The Morgan fingerprint density at radius 1 is 0.783 bits per heavy atom. The molecule has 3 nitrogen and oxygen atoms in total. The molecule has 0 fully saturated rings. The Morgan fingerprint density at radius 2 is 1.39 bits per heavy atom. The van der Waals surface area contributed by atoms with Gasteiger partial charge < -0.3 is 14.2 Å². The molecule has 138 valence electrons. The third-order valence-electron chi connectivity index (χ3n) is 4.55. The van der Waals surface area contributed by atoms with E-state index in [4.69, 9.17) is 14.2 Å². The van der Waals surface area contributed by atoms with Gasteiger partial charge in [-0.05, 0) is 38.0 Å². The molecule has 0 aromatic carbocycles. The summed E-state index contributed by atoms with van der Waals surface area (Å²) in [5, 5.41) is 0. The van der Waals surface area contributed by atoms with Crippen molar-refractivity contribution in [2.45, 2.75) is 90.4 Å². The Bertz CT molecular complexity index is 264. The van der Waals surface area contributed by atoms with Crippen LogP contribution in [0.25, 0.3) is 0 Å². The average molecular weight is 329 g/mol. The predicted octanol–water partition coefficient (Wildman–Crippen LogP) is 6.08. The first kappa shape index (κ1) is 22.6. The van der Waals surface area contributed by atoms with E-state index in [1.165, 1.54) is 57.8 Å². The summed E-state index contributed by atoms with van der Waals surface area (Å²) in [7, 11) is 4.91. The lowest BCUT2D eigenvalue weighted by Gasteiger charge is -2.28. The lowest BCUT2D eigenvalue weighted by atomic mass is 9.94. The summed E-state index contributed by atoms with van der Waals surface area (Å²) in [5.74, 6) is -0.145. The SMILES string of the molecule is CCCCCC=CC(CCCC)CCCCC(OC)(OC)OC. The van der Waals surface area contributed by atoms with E-state index in [0.29, 0.717) is 0 Å². The molecule has 0 aliphatic rings. The quantitative estimate of drug-likeness (QED) is 0.195. The van der Waals surface area contributed by atoms with Gasteiger partial charge in [0.05, 0.1) is 0 Å². The van der Waals surface area contributed by atoms with Gasteiger partial charge in [0, 0.05) is 27.8 Å². The van der Waals surface area contributed by atoms with Crippen molar-refractivity contribution >= 4 is 0 Å². The largest absolute Gasteiger partial charge is 0.331 e. The van der Waals surface area contributed by atoms with Crippen molar-refractivity contribution in [2.24, 2.45) is 5.92 Å². The van der Waals surface area contributed by atoms with Crippen LogP contribution in [-0.4, -0.2) is 27.3 Å². The van der Waals surface area contributed by atoms with E-state index in [1.54, 1.807) is 21.3 Å². The maximum absolute atomic E-state index is 5.35. The summed E-state index contributed by atoms with van der Waals surface area (Å²) in [6.07, 6.45) is 18.2. The standard InChI is InChI=1S/C20H40O3/c1-6-8-10-11-12-16-19(15-9-7-2)17-13-14-18-20(21-3,22-4)23-5/h12,16,19H,6-11,13-15,17-18H2,1-5H3. The van der Waals surface area contributed by atoms with Crippen molar-refractivity contribution in [3.05, 3.63) is 12.2 Å². The van der Waals surface area contributed by atoms with E-state index in [1.807, 2.05) is 0 Å². The topological polar surface area (TPSA) is 27.7 Å². The number of rotatable bonds is 16. The Labute approximate surface area is 144 Å². The lowest BCUT2D eigenvalue weighted by molar-refractivity contribution is -0.355. The van der Waals surface area contributed by atoms with E-state index in [9.17, 15) is 0 Å². The highest BCUT2D eigenvalue weighted by molar-refractivity contribution is 4.88. The second-order valence-electron chi connectivity index (χ2n) is 6.37. The van der Waals surface area contributed by atoms with Crippen LogP contribution in [0.4, 0.5) is 0 Å². The Morgan fingerprint density at radius 3 is 1.96 bits per heavy atom. The maximum Gasteiger partial charge on any atom is 0.282 e. The van der Waals surface area contributed by atoms with Crippen LogP contribution in [0.5, 0.6) is 0 Å². The summed E-state index contributed by atoms with van der Waals surface area (Å²) in [4.78, 5) is 0. The molecule has 0 saturated carbocycles. The Kier molecular flexibility index (Phi) is 14.9. The lowest BCUT2D eigenvalue weighted by Crippen LogP contribution is -2.35. The zero-order valence-electron chi connectivity index (χ0n) is 16.2. The first-order chi connectivity index (χ1) is 11.2. The number of methoxy groups -OCH3 is 3. The molecule has 0 aromatic heterocycles. The predicted molar refractivity (Wildman–Crippen MR) is 98.5 cm³/mol. The van der Waals surface area contributed by atoms with E-state index in [0.717, 1.165) is 18.8 Å². The minimum atomic E-state index is -0.866. The van der Waals surface area contributed by atoms with Crippen LogP contribution in [0.15, 0.2) is 12.2 Å². The molecule has 0 radical (unpaired) electrons. The smallest absolute Gasteiger partial charge is 0.282 e. The molecule has 0 heterocycles. The van der Waals surface area contributed by atoms with Crippen molar-refractivity contribution in [3.63, 3.8) is 0 Å². The molecular formula is C20H40O3. The van der Waals surface area contributed by atoms with Gasteiger partial charge in [-0.3, -0.25) is 0 Å². The first-order valence-corrected chi connectivity index (χ1v) is 9.50. The van der Waals surface area contributed by atoms with Gasteiger partial charge in [-0.1, -0.05) is 58.1 Å². The van der Waals surface area contributed by atoms with Crippen LogP contribution < -0.4 is 0 Å². The van der Waals surface area contributed by atoms with Gasteiger partial charge in [-0.2, -0.15) is 0 Å². The molecule has 0 spiro atoms. The third kappa shape index (κ3) is 10.9. The van der Waals surface area contributed by atoms with Crippen LogP contribution in [0, 0.1) is 5.92 Å². The Balaban J connectivity index is 4.13. The molecule has 0 N–H and O–H groups in total. The minimum Gasteiger partial charge on any atom is -0.331 e. The van der Waals surface area contributed by atoms with Crippen LogP contribution in [-0.2, 0) is 14.2 Å². The zero-order chi connectivity index (χ0) is 17.4. The van der Waals surface area contributed by atoms with E-state index in [-0.39, 0.29) is 0 Å². The molecular weight excluding hydrogens is 288 g/mol. The molecule has 23 heavy (non-hydrogen) atoms. The van der Waals surface area contributed by atoms with E-state index >= 15 is 0 Å². The number of allylic oxidation sites excluding steroid dienone is 2. The van der Waals surface area contributed by atoms with E-state index < -0.39 is 5.97 Å². The summed E-state index contributed by atoms with van der Waals surface area (Å²) < 4.78 is 16.1. The molecule has 1 unspecified atom stereocenters. The first-order valence-electron chi connectivity index (χ1n) is 9.50. The number of hydrogen-bond donors (Lipinski definition) is 0. The van der Waals surface area contributed by atoms with Crippen molar-refractivity contribution in [1.82, 2.24) is 0 Å². The second kappa shape index (κ2) is 15.2. The van der Waals surface area contributed by atoms with Crippen molar-refractivity contribution in [3.8, 4) is 0 Å². The number of ether oxygens (including phenoxy) is 3. The molecule has 0 amide bonds. The Hall–Kier alpha value is -0.380. The van der Waals surface area contributed by atoms with Crippen molar-refractivity contribution in [1.29, 1.82) is 0 Å². The van der Waals surface area contributed by atoms with Gasteiger partial charge in [0.15, 0.2) is 0 Å². The molecule has 1 atom stereocenters. The van der Waals surface area contributed by atoms with Crippen molar-refractivity contribution < 1.29 is 14.2 Å². The van der Waals surface area contributed by atoms with Gasteiger partial charge in [0.2, 0.25) is 0 Å². The molecule has 0 saturated heterocycles. The van der Waals surface area contributed by atoms with Crippen LogP contribution in [0.3, 0.4) is 0 Å². The molecule has 0 aromatic rings. The van der Waals surface area contributed by atoms with Gasteiger partial charge in [0.25, 0.3) is 5.97 Å². The normalized spacial score (nSPS) is 13.8. The summed E-state index contributed by atoms with van der Waals surface area (Å²) in [5.41, 5.74) is 0. The average Bonchev–Trinajstić information content (AvgIpc) is 2.59. The highest BCUT2D eigenvalue weighted by atomic mass is 16.9. The maximum atomic E-state index is 5.35. The zero-order valence-corrected chi connectivity index (χ0v) is 16.2. The molecule has 0 rings (SSSR count). The highest BCUT2D eigenvalue weighted by Crippen LogP contribution is 2.24. The van der Waals surface area contributed by atoms with Gasteiger partial charge >= 0.3 is 0 Å². The highest BCUT2D eigenvalue weighted by Gasteiger charge is 2.28. The number of unbranched alkanes of at least 4 members (excludes halogenated alkanes) is 5. The van der Waals surface area contributed by atoms with Crippen LogP contribution >= 0.6 is 0 Å². The van der Waals surface area contributed by atoms with Gasteiger partial charge in [-0.25, -0.2) is 0 Å². The summed E-state index contributed by atoms with van der Waals surface area (Å²) >= 11 is 0. The molecule has 3 heteroatoms. The fourth-order valence-electron chi connectivity index (χ4n) is 2.91. The van der Waals surface area contributed by atoms with Gasteiger partial charge in [0.1, 0.15) is 0 Å².